The second kappa shape index (κ2) is 5.31. The molecule has 0 amide bonds. The fourth-order valence-electron chi connectivity index (χ4n) is 1.56. The minimum absolute atomic E-state index is 0.0635. The van der Waals surface area contributed by atoms with E-state index < -0.39 is 0 Å². The first-order valence-electron chi connectivity index (χ1n) is 5.84. The lowest BCUT2D eigenvalue weighted by Gasteiger charge is -2.06. The van der Waals surface area contributed by atoms with Crippen molar-refractivity contribution in [3.8, 4) is 12.0 Å². The van der Waals surface area contributed by atoms with Gasteiger partial charge in [-0.25, -0.2) is 4.98 Å². The number of nitrogens with zero attached hydrogens (tertiary/aromatic N) is 6. The molecule has 8 nitrogen and oxygen atoms in total. The van der Waals surface area contributed by atoms with Crippen molar-refractivity contribution in [3.63, 3.8) is 0 Å². The van der Waals surface area contributed by atoms with Gasteiger partial charge in [0.05, 0.1) is 0 Å². The molecule has 0 bridgehead atoms. The van der Waals surface area contributed by atoms with Crippen molar-refractivity contribution in [2.24, 2.45) is 0 Å². The second-order valence-corrected chi connectivity index (χ2v) is 3.89. The van der Waals surface area contributed by atoms with E-state index in [0.717, 1.165) is 5.56 Å². The third-order valence-corrected chi connectivity index (χ3v) is 2.45. The van der Waals surface area contributed by atoms with Crippen LogP contribution < -0.4 is 10.5 Å². The Balaban J connectivity index is 1.80. The Bertz CT molecular complexity index is 684. The van der Waals surface area contributed by atoms with E-state index in [1.54, 1.807) is 0 Å². The van der Waals surface area contributed by atoms with Crippen molar-refractivity contribution in [2.75, 3.05) is 5.73 Å². The van der Waals surface area contributed by atoms with E-state index in [1.165, 1.54) is 17.3 Å². The highest BCUT2D eigenvalue weighted by Gasteiger charge is 2.08. The summed E-state index contributed by atoms with van der Waals surface area (Å²) in [5.41, 5.74) is 6.64. The Morgan fingerprint density at radius 2 is 1.95 bits per heavy atom. The third-order valence-electron chi connectivity index (χ3n) is 2.45. The summed E-state index contributed by atoms with van der Waals surface area (Å²) in [6.07, 6.45) is 2.85. The van der Waals surface area contributed by atoms with Crippen LogP contribution in [0.5, 0.6) is 6.01 Å². The molecule has 0 atom stereocenters. The molecule has 2 aromatic heterocycles. The molecule has 0 fully saturated rings. The lowest BCUT2D eigenvalue weighted by molar-refractivity contribution is 0.279. The number of nitrogen functional groups attached to an aromatic ring is 1. The Labute approximate surface area is 114 Å². The van der Waals surface area contributed by atoms with Gasteiger partial charge in [-0.15, -0.1) is 0 Å². The van der Waals surface area contributed by atoms with Gasteiger partial charge >= 0.3 is 6.01 Å². The number of ether oxygens (including phenoxy) is 1. The van der Waals surface area contributed by atoms with E-state index in [-0.39, 0.29) is 17.9 Å². The highest BCUT2D eigenvalue weighted by molar-refractivity contribution is 5.24. The molecular weight excluding hydrogens is 258 g/mol. The zero-order valence-corrected chi connectivity index (χ0v) is 10.4. The van der Waals surface area contributed by atoms with Crippen LogP contribution in [-0.2, 0) is 6.61 Å². The van der Waals surface area contributed by atoms with Crippen LogP contribution in [0.1, 0.15) is 5.56 Å². The average molecular weight is 269 g/mol. The fraction of sp³-hybridized carbons (Fsp3) is 0.0833. The van der Waals surface area contributed by atoms with Crippen LogP contribution in [0.25, 0.3) is 5.95 Å². The molecular formula is C12H11N7O. The van der Waals surface area contributed by atoms with Gasteiger partial charge in [0.2, 0.25) is 5.95 Å². The summed E-state index contributed by atoms with van der Waals surface area (Å²) in [5, 5.41) is 3.93. The van der Waals surface area contributed by atoms with Crippen molar-refractivity contribution in [2.45, 2.75) is 6.61 Å². The summed E-state index contributed by atoms with van der Waals surface area (Å²) in [6.45, 7) is 0.348. The fourth-order valence-corrected chi connectivity index (χ4v) is 1.56. The second-order valence-electron chi connectivity index (χ2n) is 3.89. The molecule has 2 heterocycles. The normalized spacial score (nSPS) is 10.4. The van der Waals surface area contributed by atoms with Crippen LogP contribution >= 0.6 is 0 Å². The quantitative estimate of drug-likeness (QED) is 0.739. The first kappa shape index (κ1) is 12.0. The standard InChI is InChI=1S/C12H11N7O/c13-10-16-11(19-8-14-7-15-19)18-12(17-10)20-6-9-4-2-1-3-5-9/h1-5,7-8H,6H2,(H2,13,16,17,18). The average Bonchev–Trinajstić information content (AvgIpc) is 3.00. The van der Waals surface area contributed by atoms with Crippen LogP contribution in [0.2, 0.25) is 0 Å². The number of rotatable bonds is 4. The largest absolute Gasteiger partial charge is 0.458 e. The lowest BCUT2D eigenvalue weighted by atomic mass is 10.2. The first-order valence-corrected chi connectivity index (χ1v) is 5.84. The molecule has 8 heteroatoms. The molecule has 100 valence electrons. The topological polar surface area (TPSA) is 105 Å². The predicted molar refractivity (Wildman–Crippen MR) is 69.9 cm³/mol. The minimum Gasteiger partial charge on any atom is -0.458 e. The van der Waals surface area contributed by atoms with Crippen LogP contribution in [-0.4, -0.2) is 29.7 Å². The predicted octanol–water partition coefficient (Wildman–Crippen LogP) is 0.613. The van der Waals surface area contributed by atoms with Gasteiger partial charge in [-0.05, 0) is 5.56 Å². The van der Waals surface area contributed by atoms with Gasteiger partial charge < -0.3 is 10.5 Å². The molecule has 0 saturated carbocycles. The highest BCUT2D eigenvalue weighted by Crippen LogP contribution is 2.10. The number of hydrogen-bond donors (Lipinski definition) is 1. The van der Waals surface area contributed by atoms with E-state index >= 15 is 0 Å². The van der Waals surface area contributed by atoms with E-state index in [1.807, 2.05) is 30.3 Å². The summed E-state index contributed by atoms with van der Waals surface area (Å²) in [7, 11) is 0. The Hall–Kier alpha value is -3.03. The molecule has 2 N–H and O–H groups in total. The zero-order chi connectivity index (χ0) is 13.8. The van der Waals surface area contributed by atoms with Crippen molar-refractivity contribution in [1.29, 1.82) is 0 Å². The molecule has 1 aromatic carbocycles. The summed E-state index contributed by atoms with van der Waals surface area (Å²) in [5.74, 6) is 0.326. The molecule has 3 rings (SSSR count). The SMILES string of the molecule is Nc1nc(OCc2ccccc2)nc(-n2cncn2)n1. The maximum Gasteiger partial charge on any atom is 0.323 e. The maximum absolute atomic E-state index is 5.63. The van der Waals surface area contributed by atoms with Gasteiger partial charge in [0.15, 0.2) is 0 Å². The number of benzene rings is 1. The van der Waals surface area contributed by atoms with Crippen LogP contribution in [0.4, 0.5) is 5.95 Å². The Morgan fingerprint density at radius 3 is 2.70 bits per heavy atom. The maximum atomic E-state index is 5.63. The van der Waals surface area contributed by atoms with Crippen molar-refractivity contribution in [3.05, 3.63) is 48.5 Å². The molecule has 0 spiro atoms. The van der Waals surface area contributed by atoms with Gasteiger partial charge in [-0.3, -0.25) is 0 Å². The molecule has 20 heavy (non-hydrogen) atoms. The van der Waals surface area contributed by atoms with Crippen LogP contribution in [0.15, 0.2) is 43.0 Å². The van der Waals surface area contributed by atoms with Crippen molar-refractivity contribution < 1.29 is 4.74 Å². The summed E-state index contributed by atoms with van der Waals surface area (Å²) in [6, 6.07) is 9.84. The highest BCUT2D eigenvalue weighted by atomic mass is 16.5. The molecule has 0 aliphatic heterocycles. The van der Waals surface area contributed by atoms with E-state index in [4.69, 9.17) is 10.5 Å². The van der Waals surface area contributed by atoms with Crippen LogP contribution in [0, 0.1) is 0 Å². The monoisotopic (exact) mass is 269 g/mol. The number of aromatic nitrogens is 6. The number of nitrogens with two attached hydrogens (primary N) is 1. The minimum atomic E-state index is 0.0635. The third kappa shape index (κ3) is 2.69. The van der Waals surface area contributed by atoms with Gasteiger partial charge in [0, 0.05) is 0 Å². The summed E-state index contributed by atoms with van der Waals surface area (Å²) in [4.78, 5) is 15.8. The van der Waals surface area contributed by atoms with E-state index in [9.17, 15) is 0 Å². The first-order chi connectivity index (χ1) is 9.81. The molecule has 0 saturated heterocycles. The lowest BCUT2D eigenvalue weighted by Crippen LogP contribution is -2.09. The number of anilines is 1. The van der Waals surface area contributed by atoms with Gasteiger partial charge in [-0.1, -0.05) is 30.3 Å². The van der Waals surface area contributed by atoms with Gasteiger partial charge in [-0.2, -0.15) is 24.7 Å². The Kier molecular flexibility index (Phi) is 3.19. The number of hydrogen-bond acceptors (Lipinski definition) is 7. The van der Waals surface area contributed by atoms with Crippen molar-refractivity contribution >= 4 is 5.95 Å². The van der Waals surface area contributed by atoms with Gasteiger partial charge in [0.1, 0.15) is 19.3 Å². The Morgan fingerprint density at radius 1 is 1.10 bits per heavy atom. The van der Waals surface area contributed by atoms with Crippen molar-refractivity contribution in [1.82, 2.24) is 29.7 Å². The van der Waals surface area contributed by atoms with Crippen LogP contribution in [0.3, 0.4) is 0 Å². The molecule has 3 aromatic rings. The molecule has 0 aliphatic rings. The zero-order valence-electron chi connectivity index (χ0n) is 10.4. The smallest absolute Gasteiger partial charge is 0.323 e. The molecule has 0 radical (unpaired) electrons. The van der Waals surface area contributed by atoms with Gasteiger partial charge in [0.25, 0.3) is 5.95 Å². The summed E-state index contributed by atoms with van der Waals surface area (Å²) < 4.78 is 6.89. The molecule has 0 aliphatic carbocycles. The van der Waals surface area contributed by atoms with E-state index in [0.29, 0.717) is 6.61 Å². The summed E-state index contributed by atoms with van der Waals surface area (Å²) >= 11 is 0. The van der Waals surface area contributed by atoms with E-state index in [2.05, 4.69) is 25.0 Å². The molecule has 0 unspecified atom stereocenters.